The number of rotatable bonds is 6. The quantitative estimate of drug-likeness (QED) is 0.597. The van der Waals surface area contributed by atoms with Gasteiger partial charge in [0.05, 0.1) is 12.8 Å². The first-order valence-corrected chi connectivity index (χ1v) is 10.1. The zero-order valence-electron chi connectivity index (χ0n) is 15.6. The first-order chi connectivity index (χ1) is 13.8. The number of nitrogens with zero attached hydrogens (tertiary/aromatic N) is 5. The maximum atomic E-state index is 13.2. The minimum absolute atomic E-state index is 0.109. The van der Waals surface area contributed by atoms with Gasteiger partial charge in [0.15, 0.2) is 0 Å². The number of thioether (sulfide) groups is 1. The Morgan fingerprint density at radius 3 is 2.46 bits per heavy atom. The molecule has 1 aliphatic rings. The fraction of sp³-hybridized carbons (Fsp3) is 0.300. The highest BCUT2D eigenvalue weighted by Crippen LogP contribution is 2.37. The number of carbonyl (C=O) groups is 1. The van der Waals surface area contributed by atoms with Crippen LogP contribution in [0.3, 0.4) is 0 Å². The molecule has 1 aromatic heterocycles. The molecule has 8 heteroatoms. The van der Waals surface area contributed by atoms with E-state index in [9.17, 15) is 4.79 Å². The van der Waals surface area contributed by atoms with Gasteiger partial charge in [-0.2, -0.15) is 4.68 Å². The number of carbonyl (C=O) groups excluding carboxylic acids is 1. The Balaban J connectivity index is 1.64. The summed E-state index contributed by atoms with van der Waals surface area (Å²) in [7, 11) is 1.63. The summed E-state index contributed by atoms with van der Waals surface area (Å²) in [6, 6.07) is 17.3. The number of hydrogen-bond donors (Lipinski definition) is 0. The monoisotopic (exact) mass is 395 g/mol. The van der Waals surface area contributed by atoms with Crippen molar-refractivity contribution in [2.24, 2.45) is 0 Å². The van der Waals surface area contributed by atoms with Gasteiger partial charge in [0, 0.05) is 13.1 Å². The molecule has 3 aromatic rings. The van der Waals surface area contributed by atoms with Crippen LogP contribution in [0, 0.1) is 0 Å². The largest absolute Gasteiger partial charge is 0.497 e. The summed E-state index contributed by atoms with van der Waals surface area (Å²) < 4.78 is 6.86. The number of tetrazole rings is 1. The Morgan fingerprint density at radius 1 is 1.07 bits per heavy atom. The third kappa shape index (κ3) is 3.87. The van der Waals surface area contributed by atoms with Gasteiger partial charge in [0.1, 0.15) is 11.0 Å². The van der Waals surface area contributed by atoms with Gasteiger partial charge in [-0.05, 0) is 53.1 Å². The minimum atomic E-state index is -0.387. The van der Waals surface area contributed by atoms with Crippen LogP contribution in [-0.4, -0.2) is 51.2 Å². The Hall–Kier alpha value is -2.87. The van der Waals surface area contributed by atoms with E-state index in [4.69, 9.17) is 4.74 Å². The van der Waals surface area contributed by atoms with Gasteiger partial charge >= 0.3 is 0 Å². The van der Waals surface area contributed by atoms with Crippen LogP contribution < -0.4 is 4.74 Å². The summed E-state index contributed by atoms with van der Waals surface area (Å²) in [6.45, 7) is 1.62. The van der Waals surface area contributed by atoms with Crippen molar-refractivity contribution in [3.8, 4) is 11.4 Å². The highest BCUT2D eigenvalue weighted by Gasteiger charge is 2.30. The number of hydrogen-bond acceptors (Lipinski definition) is 6. The van der Waals surface area contributed by atoms with Crippen LogP contribution in [0.2, 0.25) is 0 Å². The van der Waals surface area contributed by atoms with E-state index in [1.807, 2.05) is 59.5 Å². The van der Waals surface area contributed by atoms with Gasteiger partial charge in [0.2, 0.25) is 11.1 Å². The van der Waals surface area contributed by atoms with Gasteiger partial charge in [-0.15, -0.1) is 5.10 Å². The lowest BCUT2D eigenvalue weighted by molar-refractivity contribution is -0.129. The summed E-state index contributed by atoms with van der Waals surface area (Å²) in [6.07, 6.45) is 2.11. The molecule has 0 bridgehead atoms. The van der Waals surface area contributed by atoms with Crippen LogP contribution in [0.1, 0.15) is 23.7 Å². The minimum Gasteiger partial charge on any atom is -0.497 e. The van der Waals surface area contributed by atoms with E-state index in [1.165, 1.54) is 11.8 Å². The van der Waals surface area contributed by atoms with Crippen LogP contribution in [-0.2, 0) is 4.79 Å². The van der Waals surface area contributed by atoms with E-state index in [0.29, 0.717) is 5.16 Å². The number of benzene rings is 2. The molecular formula is C20H21N5O2S. The van der Waals surface area contributed by atoms with Crippen LogP contribution in [0.15, 0.2) is 59.8 Å². The molecule has 0 aliphatic carbocycles. The number of ether oxygens (including phenoxy) is 1. The Morgan fingerprint density at radius 2 is 1.79 bits per heavy atom. The molecule has 7 nitrogen and oxygen atoms in total. The molecule has 1 aliphatic heterocycles. The first kappa shape index (κ1) is 18.5. The third-order valence-electron chi connectivity index (χ3n) is 4.73. The molecule has 4 rings (SSSR count). The van der Waals surface area contributed by atoms with Crippen LogP contribution in [0.4, 0.5) is 0 Å². The van der Waals surface area contributed by atoms with E-state index in [1.54, 1.807) is 11.8 Å². The normalized spacial score (nSPS) is 14.8. The zero-order chi connectivity index (χ0) is 19.3. The highest BCUT2D eigenvalue weighted by molar-refractivity contribution is 8.00. The summed E-state index contributed by atoms with van der Waals surface area (Å²) in [5.74, 6) is 0.871. The van der Waals surface area contributed by atoms with Crippen molar-refractivity contribution in [1.29, 1.82) is 0 Å². The molecule has 1 atom stereocenters. The molecule has 2 heterocycles. The summed E-state index contributed by atoms with van der Waals surface area (Å²) in [5.41, 5.74) is 1.77. The van der Waals surface area contributed by atoms with Crippen LogP contribution >= 0.6 is 11.8 Å². The van der Waals surface area contributed by atoms with E-state index in [-0.39, 0.29) is 11.2 Å². The van der Waals surface area contributed by atoms with Gasteiger partial charge in [-0.3, -0.25) is 4.79 Å². The van der Waals surface area contributed by atoms with Crippen molar-refractivity contribution in [3.05, 3.63) is 60.2 Å². The predicted octanol–water partition coefficient (Wildman–Crippen LogP) is 3.13. The van der Waals surface area contributed by atoms with Crippen LogP contribution in [0.25, 0.3) is 5.69 Å². The number of likely N-dealkylation sites (tertiary alicyclic amines) is 1. The Labute approximate surface area is 167 Å². The third-order valence-corrected chi connectivity index (χ3v) is 5.90. The maximum absolute atomic E-state index is 13.2. The molecular weight excluding hydrogens is 374 g/mol. The number of amides is 1. The number of aromatic nitrogens is 4. The van der Waals surface area contributed by atoms with E-state index >= 15 is 0 Å². The fourth-order valence-corrected chi connectivity index (χ4v) is 4.31. The van der Waals surface area contributed by atoms with Crippen molar-refractivity contribution >= 4 is 17.7 Å². The molecule has 0 N–H and O–H groups in total. The molecule has 28 heavy (non-hydrogen) atoms. The van der Waals surface area contributed by atoms with Gasteiger partial charge in [-0.25, -0.2) is 0 Å². The van der Waals surface area contributed by atoms with E-state index in [0.717, 1.165) is 42.9 Å². The van der Waals surface area contributed by atoms with Crippen molar-refractivity contribution in [3.63, 3.8) is 0 Å². The fourth-order valence-electron chi connectivity index (χ4n) is 3.24. The SMILES string of the molecule is COc1ccc(-n2nnnc2S[C@H](C(=O)N2CCCC2)c2ccccc2)cc1. The Bertz CT molecular complexity index is 923. The van der Waals surface area contributed by atoms with Crippen molar-refractivity contribution in [2.75, 3.05) is 20.2 Å². The predicted molar refractivity (Wildman–Crippen MR) is 107 cm³/mol. The maximum Gasteiger partial charge on any atom is 0.240 e. The smallest absolute Gasteiger partial charge is 0.240 e. The van der Waals surface area contributed by atoms with Crippen molar-refractivity contribution in [1.82, 2.24) is 25.1 Å². The molecule has 1 saturated heterocycles. The molecule has 0 spiro atoms. The van der Waals surface area contributed by atoms with Gasteiger partial charge in [-0.1, -0.05) is 42.1 Å². The lowest BCUT2D eigenvalue weighted by Crippen LogP contribution is -2.31. The molecule has 2 aromatic carbocycles. The topological polar surface area (TPSA) is 73.1 Å². The summed E-state index contributed by atoms with van der Waals surface area (Å²) in [5, 5.41) is 12.3. The molecule has 1 amide bonds. The van der Waals surface area contributed by atoms with Crippen molar-refractivity contribution < 1.29 is 9.53 Å². The molecule has 0 unspecified atom stereocenters. The zero-order valence-corrected chi connectivity index (χ0v) is 16.4. The first-order valence-electron chi connectivity index (χ1n) is 9.19. The molecule has 0 radical (unpaired) electrons. The van der Waals surface area contributed by atoms with E-state index < -0.39 is 0 Å². The molecule has 144 valence electrons. The second-order valence-corrected chi connectivity index (χ2v) is 7.58. The van der Waals surface area contributed by atoms with Crippen LogP contribution in [0.5, 0.6) is 5.75 Å². The standard InChI is InChI=1S/C20H21N5O2S/c1-27-17-11-9-16(10-12-17)25-20(21-22-23-25)28-18(15-7-3-2-4-8-15)19(26)24-13-5-6-14-24/h2-4,7-12,18H,5-6,13-14H2,1H3/t18-/m0/s1. The van der Waals surface area contributed by atoms with Gasteiger partial charge in [0.25, 0.3) is 0 Å². The van der Waals surface area contributed by atoms with Crippen molar-refractivity contribution in [2.45, 2.75) is 23.2 Å². The second kappa shape index (κ2) is 8.43. The lowest BCUT2D eigenvalue weighted by atomic mass is 10.1. The molecule has 0 saturated carbocycles. The lowest BCUT2D eigenvalue weighted by Gasteiger charge is -2.22. The highest BCUT2D eigenvalue weighted by atomic mass is 32.2. The van der Waals surface area contributed by atoms with Gasteiger partial charge < -0.3 is 9.64 Å². The second-order valence-electron chi connectivity index (χ2n) is 6.51. The molecule has 1 fully saturated rings. The average Bonchev–Trinajstić information content (AvgIpc) is 3.44. The summed E-state index contributed by atoms with van der Waals surface area (Å²) >= 11 is 1.38. The number of methoxy groups -OCH3 is 1. The summed E-state index contributed by atoms with van der Waals surface area (Å²) in [4.78, 5) is 15.2. The van der Waals surface area contributed by atoms with E-state index in [2.05, 4.69) is 15.5 Å². The Kier molecular flexibility index (Phi) is 5.57. The average molecular weight is 395 g/mol.